The fraction of sp³-hybridized carbons (Fsp3) is 0.357. The van der Waals surface area contributed by atoms with Crippen molar-refractivity contribution < 1.29 is 9.90 Å². The fourth-order valence-corrected chi connectivity index (χ4v) is 2.33. The molecule has 0 saturated heterocycles. The summed E-state index contributed by atoms with van der Waals surface area (Å²) in [5.74, 6) is -1.09. The van der Waals surface area contributed by atoms with Crippen LogP contribution in [0.4, 0.5) is 0 Å². The van der Waals surface area contributed by atoms with Gasteiger partial charge >= 0.3 is 5.97 Å². The number of hydrogen-bond donors (Lipinski definition) is 1. The average Bonchev–Trinajstić information content (AvgIpc) is 2.57. The summed E-state index contributed by atoms with van der Waals surface area (Å²) in [6, 6.07) is 6.16. The monoisotopic (exact) mass is 231 g/mol. The van der Waals surface area contributed by atoms with E-state index in [9.17, 15) is 4.79 Å². The molecule has 0 radical (unpaired) electrons. The molecule has 2 aromatic rings. The van der Waals surface area contributed by atoms with E-state index in [2.05, 4.69) is 23.6 Å². The first-order chi connectivity index (χ1) is 8.00. The third-order valence-corrected chi connectivity index (χ3v) is 3.23. The van der Waals surface area contributed by atoms with Crippen molar-refractivity contribution in [1.29, 1.82) is 0 Å². The summed E-state index contributed by atoms with van der Waals surface area (Å²) in [4.78, 5) is 10.9. The first-order valence-corrected chi connectivity index (χ1v) is 5.77. The number of aliphatic carboxylic acids is 1. The van der Waals surface area contributed by atoms with Crippen molar-refractivity contribution in [2.45, 2.75) is 20.3 Å². The molecule has 90 valence electrons. The predicted octanol–water partition coefficient (Wildman–Crippen LogP) is 2.75. The SMILES string of the molecule is Cc1cccc2c(CC(C)C(=O)O)cn(C)c12. The molecule has 2 rings (SSSR count). The number of para-hydroxylation sites is 1. The maximum absolute atomic E-state index is 10.9. The second kappa shape index (κ2) is 4.24. The lowest BCUT2D eigenvalue weighted by atomic mass is 10.00. The highest BCUT2D eigenvalue weighted by Crippen LogP contribution is 2.25. The maximum atomic E-state index is 10.9. The number of benzene rings is 1. The molecule has 17 heavy (non-hydrogen) atoms. The first-order valence-electron chi connectivity index (χ1n) is 5.77. The van der Waals surface area contributed by atoms with Crippen LogP contribution in [0.2, 0.25) is 0 Å². The van der Waals surface area contributed by atoms with Crippen molar-refractivity contribution in [3.05, 3.63) is 35.5 Å². The summed E-state index contributed by atoms with van der Waals surface area (Å²) >= 11 is 0. The Morgan fingerprint density at radius 1 is 1.47 bits per heavy atom. The molecule has 1 aromatic carbocycles. The second-order valence-electron chi connectivity index (χ2n) is 4.68. The number of aromatic nitrogens is 1. The Morgan fingerprint density at radius 3 is 2.82 bits per heavy atom. The van der Waals surface area contributed by atoms with Crippen LogP contribution in [0.3, 0.4) is 0 Å². The molecule has 0 saturated carbocycles. The smallest absolute Gasteiger partial charge is 0.306 e. The largest absolute Gasteiger partial charge is 0.481 e. The molecule has 1 heterocycles. The molecule has 0 aliphatic carbocycles. The highest BCUT2D eigenvalue weighted by molar-refractivity contribution is 5.87. The molecule has 3 heteroatoms. The van der Waals surface area contributed by atoms with Gasteiger partial charge in [0.2, 0.25) is 0 Å². The van der Waals surface area contributed by atoms with Crippen LogP contribution in [0.25, 0.3) is 10.9 Å². The zero-order valence-electron chi connectivity index (χ0n) is 10.4. The first kappa shape index (κ1) is 11.7. The van der Waals surface area contributed by atoms with Gasteiger partial charge in [0, 0.05) is 18.6 Å². The van der Waals surface area contributed by atoms with E-state index in [0.717, 1.165) is 5.56 Å². The van der Waals surface area contributed by atoms with Gasteiger partial charge in [0.15, 0.2) is 0 Å². The molecule has 1 aromatic heterocycles. The Morgan fingerprint density at radius 2 is 2.18 bits per heavy atom. The highest BCUT2D eigenvalue weighted by Gasteiger charge is 2.15. The third kappa shape index (κ3) is 2.05. The van der Waals surface area contributed by atoms with Gasteiger partial charge < -0.3 is 9.67 Å². The van der Waals surface area contributed by atoms with Gasteiger partial charge in [0.05, 0.1) is 11.4 Å². The van der Waals surface area contributed by atoms with Gasteiger partial charge in [-0.05, 0) is 24.5 Å². The van der Waals surface area contributed by atoms with Gasteiger partial charge in [-0.15, -0.1) is 0 Å². The van der Waals surface area contributed by atoms with E-state index in [0.29, 0.717) is 6.42 Å². The maximum Gasteiger partial charge on any atom is 0.306 e. The lowest BCUT2D eigenvalue weighted by Crippen LogP contribution is -2.11. The van der Waals surface area contributed by atoms with Crippen molar-refractivity contribution in [2.24, 2.45) is 13.0 Å². The van der Waals surface area contributed by atoms with E-state index in [1.54, 1.807) is 6.92 Å². The molecule has 0 aliphatic rings. The van der Waals surface area contributed by atoms with Crippen LogP contribution in [0.5, 0.6) is 0 Å². The Kier molecular flexibility index (Phi) is 2.92. The van der Waals surface area contributed by atoms with Gasteiger partial charge in [-0.3, -0.25) is 4.79 Å². The molecule has 3 nitrogen and oxygen atoms in total. The second-order valence-corrected chi connectivity index (χ2v) is 4.68. The van der Waals surface area contributed by atoms with Crippen LogP contribution < -0.4 is 0 Å². The summed E-state index contributed by atoms with van der Waals surface area (Å²) in [5.41, 5.74) is 3.53. The molecule has 0 aliphatic heterocycles. The Hall–Kier alpha value is -1.77. The van der Waals surface area contributed by atoms with Crippen LogP contribution in [0.15, 0.2) is 24.4 Å². The summed E-state index contributed by atoms with van der Waals surface area (Å²) < 4.78 is 2.08. The number of aryl methyl sites for hydroxylation is 2. The number of carboxylic acid groups (broad SMARTS) is 1. The van der Waals surface area contributed by atoms with E-state index in [-0.39, 0.29) is 5.92 Å². The number of hydrogen-bond acceptors (Lipinski definition) is 1. The van der Waals surface area contributed by atoms with Crippen LogP contribution in [0, 0.1) is 12.8 Å². The van der Waals surface area contributed by atoms with Crippen molar-refractivity contribution in [1.82, 2.24) is 4.57 Å². The molecule has 0 fully saturated rings. The van der Waals surface area contributed by atoms with Gasteiger partial charge in [-0.1, -0.05) is 25.1 Å². The molecular formula is C14H17NO2. The lowest BCUT2D eigenvalue weighted by molar-refractivity contribution is -0.141. The summed E-state index contributed by atoms with van der Waals surface area (Å²) in [7, 11) is 2.00. The van der Waals surface area contributed by atoms with Gasteiger partial charge in [0.25, 0.3) is 0 Å². The van der Waals surface area contributed by atoms with Crippen LogP contribution in [-0.2, 0) is 18.3 Å². The molecule has 0 spiro atoms. The van der Waals surface area contributed by atoms with Crippen LogP contribution in [0.1, 0.15) is 18.1 Å². The van der Waals surface area contributed by atoms with E-state index in [1.807, 2.05) is 19.3 Å². The van der Waals surface area contributed by atoms with Crippen molar-refractivity contribution in [3.63, 3.8) is 0 Å². The molecular weight excluding hydrogens is 214 g/mol. The molecule has 1 unspecified atom stereocenters. The van der Waals surface area contributed by atoms with E-state index in [1.165, 1.54) is 16.5 Å². The number of fused-ring (bicyclic) bond motifs is 1. The lowest BCUT2D eigenvalue weighted by Gasteiger charge is -2.04. The summed E-state index contributed by atoms with van der Waals surface area (Å²) in [6.45, 7) is 3.82. The standard InChI is InChI=1S/C14H17NO2/c1-9-5-4-6-12-11(7-10(2)14(16)17)8-15(3)13(9)12/h4-6,8,10H,7H2,1-3H3,(H,16,17). The van der Waals surface area contributed by atoms with E-state index >= 15 is 0 Å². The number of carboxylic acids is 1. The Balaban J connectivity index is 2.49. The van der Waals surface area contributed by atoms with Crippen LogP contribution in [-0.4, -0.2) is 15.6 Å². The van der Waals surface area contributed by atoms with Crippen molar-refractivity contribution in [3.8, 4) is 0 Å². The number of carbonyl (C=O) groups is 1. The van der Waals surface area contributed by atoms with E-state index < -0.39 is 5.97 Å². The molecule has 1 N–H and O–H groups in total. The topological polar surface area (TPSA) is 42.2 Å². The average molecular weight is 231 g/mol. The zero-order chi connectivity index (χ0) is 12.6. The normalized spacial score (nSPS) is 12.9. The predicted molar refractivity (Wildman–Crippen MR) is 68.2 cm³/mol. The summed E-state index contributed by atoms with van der Waals surface area (Å²) in [5, 5.41) is 10.1. The quantitative estimate of drug-likeness (QED) is 0.882. The van der Waals surface area contributed by atoms with Gasteiger partial charge in [-0.2, -0.15) is 0 Å². The zero-order valence-corrected chi connectivity index (χ0v) is 10.4. The Bertz CT molecular complexity index is 569. The van der Waals surface area contributed by atoms with Gasteiger partial charge in [-0.25, -0.2) is 0 Å². The summed E-state index contributed by atoms with van der Waals surface area (Å²) in [6.07, 6.45) is 2.62. The number of rotatable bonds is 3. The number of nitrogens with zero attached hydrogens (tertiary/aromatic N) is 1. The molecule has 1 atom stereocenters. The fourth-order valence-electron chi connectivity index (χ4n) is 2.33. The third-order valence-electron chi connectivity index (χ3n) is 3.23. The van der Waals surface area contributed by atoms with Crippen molar-refractivity contribution in [2.75, 3.05) is 0 Å². The minimum absolute atomic E-state index is 0.346. The molecule has 0 bridgehead atoms. The van der Waals surface area contributed by atoms with E-state index in [4.69, 9.17) is 5.11 Å². The Labute approximate surface area is 101 Å². The van der Waals surface area contributed by atoms with Crippen molar-refractivity contribution >= 4 is 16.9 Å². The molecule has 0 amide bonds. The minimum Gasteiger partial charge on any atom is -0.481 e. The minimum atomic E-state index is -0.741. The highest BCUT2D eigenvalue weighted by atomic mass is 16.4. The van der Waals surface area contributed by atoms with Gasteiger partial charge in [0.1, 0.15) is 0 Å². The van der Waals surface area contributed by atoms with Crippen LogP contribution >= 0.6 is 0 Å².